The van der Waals surface area contributed by atoms with Crippen molar-refractivity contribution in [2.75, 3.05) is 7.11 Å². The number of benzene rings is 1. The number of rotatable bonds is 11. The molecule has 3 heterocycles. The van der Waals surface area contributed by atoms with E-state index in [1.54, 1.807) is 13.3 Å². The van der Waals surface area contributed by atoms with Gasteiger partial charge in [0.2, 0.25) is 5.78 Å². The minimum atomic E-state index is -1.13. The number of carbonyl (C=O) groups is 2. The number of amides is 1. The first-order valence-corrected chi connectivity index (χ1v) is 11.4. The standard InChI is InChI=1S/C25H27N5O5.ClH/c1-15-8-9-16-12-17(22(34-2)13-19(16)28-15)20-14-27-23(29-20)18(30-25(32)33)6-4-3-5-7-21(31)24-26-10-11-35-24;/h8-14,18,30H,3-7H2,1-2H3,(H,27,29)(H,32,33);1H. The minimum absolute atomic E-state index is 0. The first kappa shape index (κ1) is 26.7. The Morgan fingerprint density at radius 3 is 2.75 bits per heavy atom. The predicted molar refractivity (Wildman–Crippen MR) is 136 cm³/mol. The van der Waals surface area contributed by atoms with Crippen LogP contribution in [0.2, 0.25) is 0 Å². The average Bonchev–Trinajstić information content (AvgIpc) is 3.54. The van der Waals surface area contributed by atoms with Crippen molar-refractivity contribution in [2.24, 2.45) is 0 Å². The van der Waals surface area contributed by atoms with Gasteiger partial charge in [-0.2, -0.15) is 0 Å². The van der Waals surface area contributed by atoms with E-state index in [1.807, 2.05) is 31.2 Å². The van der Waals surface area contributed by atoms with Crippen LogP contribution in [0.4, 0.5) is 4.79 Å². The highest BCUT2D eigenvalue weighted by atomic mass is 35.5. The van der Waals surface area contributed by atoms with E-state index in [4.69, 9.17) is 9.15 Å². The minimum Gasteiger partial charge on any atom is -0.496 e. The number of imidazole rings is 1. The third kappa shape index (κ3) is 6.39. The van der Waals surface area contributed by atoms with Gasteiger partial charge in [-0.15, -0.1) is 12.4 Å². The van der Waals surface area contributed by atoms with Crippen molar-refractivity contribution in [2.45, 2.75) is 45.1 Å². The van der Waals surface area contributed by atoms with Crippen LogP contribution in [-0.4, -0.2) is 44.0 Å². The van der Waals surface area contributed by atoms with Gasteiger partial charge < -0.3 is 24.6 Å². The highest BCUT2D eigenvalue weighted by molar-refractivity contribution is 5.91. The van der Waals surface area contributed by atoms with Gasteiger partial charge in [0.25, 0.3) is 5.89 Å². The van der Waals surface area contributed by atoms with Crippen LogP contribution >= 0.6 is 12.4 Å². The Labute approximate surface area is 213 Å². The van der Waals surface area contributed by atoms with Gasteiger partial charge in [0.05, 0.1) is 36.8 Å². The average molecular weight is 514 g/mol. The number of fused-ring (bicyclic) bond motifs is 1. The first-order chi connectivity index (χ1) is 16.9. The predicted octanol–water partition coefficient (Wildman–Crippen LogP) is 5.49. The highest BCUT2D eigenvalue weighted by Crippen LogP contribution is 2.33. The molecule has 0 saturated heterocycles. The van der Waals surface area contributed by atoms with E-state index in [1.165, 1.54) is 12.5 Å². The SMILES string of the molecule is COc1cc2nc(C)ccc2cc1-c1cnc(C(CCCCCC(=O)c2ncco2)NC(=O)O)[nH]1.Cl. The maximum Gasteiger partial charge on any atom is 0.405 e. The molecular weight excluding hydrogens is 486 g/mol. The number of carbonyl (C=O) groups excluding carboxylic acids is 1. The number of aromatic amines is 1. The van der Waals surface area contributed by atoms with E-state index in [2.05, 4.69) is 25.3 Å². The number of hydrogen-bond donors (Lipinski definition) is 3. The summed E-state index contributed by atoms with van der Waals surface area (Å²) in [5.74, 6) is 1.14. The van der Waals surface area contributed by atoms with Gasteiger partial charge in [0, 0.05) is 29.1 Å². The lowest BCUT2D eigenvalue weighted by atomic mass is 10.1. The van der Waals surface area contributed by atoms with Crippen molar-refractivity contribution >= 4 is 35.2 Å². The quantitative estimate of drug-likeness (QED) is 0.176. The van der Waals surface area contributed by atoms with E-state index in [0.717, 1.165) is 28.6 Å². The van der Waals surface area contributed by atoms with E-state index in [9.17, 15) is 14.7 Å². The number of halogens is 1. The summed E-state index contributed by atoms with van der Waals surface area (Å²) in [5.41, 5.74) is 3.27. The number of methoxy groups -OCH3 is 1. The van der Waals surface area contributed by atoms with Crippen molar-refractivity contribution in [3.63, 3.8) is 0 Å². The molecule has 0 radical (unpaired) electrons. The summed E-state index contributed by atoms with van der Waals surface area (Å²) in [5, 5.41) is 12.8. The number of pyridine rings is 1. The summed E-state index contributed by atoms with van der Waals surface area (Å²) in [6.45, 7) is 1.94. The van der Waals surface area contributed by atoms with Gasteiger partial charge >= 0.3 is 6.09 Å². The number of aromatic nitrogens is 4. The molecule has 0 fully saturated rings. The van der Waals surface area contributed by atoms with Gasteiger partial charge in [-0.3, -0.25) is 9.78 Å². The molecule has 4 rings (SSSR count). The van der Waals surface area contributed by atoms with Gasteiger partial charge in [-0.1, -0.05) is 18.9 Å². The van der Waals surface area contributed by atoms with Gasteiger partial charge in [0.15, 0.2) is 0 Å². The zero-order valence-electron chi connectivity index (χ0n) is 20.0. The zero-order valence-corrected chi connectivity index (χ0v) is 20.8. The zero-order chi connectivity index (χ0) is 24.8. The Morgan fingerprint density at radius 1 is 1.19 bits per heavy atom. The van der Waals surface area contributed by atoms with Crippen LogP contribution in [0.5, 0.6) is 5.75 Å². The molecule has 36 heavy (non-hydrogen) atoms. The second-order valence-electron chi connectivity index (χ2n) is 8.24. The van der Waals surface area contributed by atoms with E-state index >= 15 is 0 Å². The smallest absolute Gasteiger partial charge is 0.405 e. The van der Waals surface area contributed by atoms with Crippen LogP contribution in [0.15, 0.2) is 47.3 Å². The Hall–Kier alpha value is -3.92. The maximum atomic E-state index is 12.0. The largest absolute Gasteiger partial charge is 0.496 e. The molecule has 1 amide bonds. The fourth-order valence-corrected chi connectivity index (χ4v) is 3.99. The molecular formula is C25H28ClN5O5. The number of ketones is 1. The normalized spacial score (nSPS) is 11.6. The number of ether oxygens (including phenoxy) is 1. The summed E-state index contributed by atoms with van der Waals surface area (Å²) in [6, 6.07) is 7.29. The summed E-state index contributed by atoms with van der Waals surface area (Å²) in [4.78, 5) is 39.5. The molecule has 0 aliphatic heterocycles. The Bertz CT molecular complexity index is 1320. The Balaban J connectivity index is 0.00000361. The van der Waals surface area contributed by atoms with Crippen molar-refractivity contribution < 1.29 is 23.8 Å². The lowest BCUT2D eigenvalue weighted by Gasteiger charge is -2.15. The number of hydrogen-bond acceptors (Lipinski definition) is 7. The van der Waals surface area contributed by atoms with E-state index in [0.29, 0.717) is 43.0 Å². The molecule has 0 spiro atoms. The highest BCUT2D eigenvalue weighted by Gasteiger charge is 2.19. The van der Waals surface area contributed by atoms with Crippen molar-refractivity contribution in [1.82, 2.24) is 25.3 Å². The number of H-pyrrole nitrogens is 1. The molecule has 0 aliphatic rings. The Morgan fingerprint density at radius 2 is 2.03 bits per heavy atom. The van der Waals surface area contributed by atoms with Crippen LogP contribution in [0, 0.1) is 6.92 Å². The molecule has 1 atom stereocenters. The van der Waals surface area contributed by atoms with Gasteiger partial charge in [-0.05, 0) is 31.9 Å². The summed E-state index contributed by atoms with van der Waals surface area (Å²) in [6.07, 6.45) is 6.35. The van der Waals surface area contributed by atoms with Crippen LogP contribution in [0.25, 0.3) is 22.2 Å². The number of carboxylic acid groups (broad SMARTS) is 1. The number of nitrogens with one attached hydrogen (secondary N) is 2. The van der Waals surface area contributed by atoms with Gasteiger partial charge in [0.1, 0.15) is 17.8 Å². The number of oxazole rings is 1. The summed E-state index contributed by atoms with van der Waals surface area (Å²) < 4.78 is 10.6. The molecule has 4 aromatic rings. The molecule has 190 valence electrons. The first-order valence-electron chi connectivity index (χ1n) is 11.4. The molecule has 1 aromatic carbocycles. The molecule has 3 N–H and O–H groups in total. The summed E-state index contributed by atoms with van der Waals surface area (Å²) in [7, 11) is 1.60. The molecule has 0 saturated carbocycles. The van der Waals surface area contributed by atoms with Crippen LogP contribution in [0.1, 0.15) is 60.3 Å². The number of unbranched alkanes of at least 4 members (excludes halogenated alkanes) is 2. The molecule has 1 unspecified atom stereocenters. The van der Waals surface area contributed by atoms with Crippen molar-refractivity contribution in [3.05, 3.63) is 60.3 Å². The number of Topliss-reactive ketones (excluding diaryl/α,β-unsaturated/α-hetero) is 1. The molecule has 3 aromatic heterocycles. The molecule has 0 bridgehead atoms. The van der Waals surface area contributed by atoms with E-state index in [-0.39, 0.29) is 24.1 Å². The van der Waals surface area contributed by atoms with Crippen molar-refractivity contribution in [1.29, 1.82) is 0 Å². The monoisotopic (exact) mass is 513 g/mol. The van der Waals surface area contributed by atoms with Crippen LogP contribution in [0.3, 0.4) is 0 Å². The number of nitrogens with zero attached hydrogens (tertiary/aromatic N) is 3. The summed E-state index contributed by atoms with van der Waals surface area (Å²) >= 11 is 0. The van der Waals surface area contributed by atoms with Crippen LogP contribution in [-0.2, 0) is 0 Å². The third-order valence-electron chi connectivity index (χ3n) is 5.73. The fraction of sp³-hybridized carbons (Fsp3) is 0.320. The van der Waals surface area contributed by atoms with Crippen molar-refractivity contribution in [3.8, 4) is 17.0 Å². The van der Waals surface area contributed by atoms with Crippen LogP contribution < -0.4 is 10.1 Å². The fourth-order valence-electron chi connectivity index (χ4n) is 3.99. The van der Waals surface area contributed by atoms with Gasteiger partial charge in [-0.25, -0.2) is 14.8 Å². The molecule has 10 nitrogen and oxygen atoms in total. The topological polar surface area (TPSA) is 143 Å². The Kier molecular flexibility index (Phi) is 9.02. The lowest BCUT2D eigenvalue weighted by molar-refractivity contribution is 0.0945. The second kappa shape index (κ2) is 12.2. The third-order valence-corrected chi connectivity index (χ3v) is 5.73. The molecule has 0 aliphatic carbocycles. The van der Waals surface area contributed by atoms with E-state index < -0.39 is 12.1 Å². The lowest BCUT2D eigenvalue weighted by Crippen LogP contribution is -2.27. The maximum absolute atomic E-state index is 12.0. The number of aryl methyl sites for hydroxylation is 1. The second-order valence-corrected chi connectivity index (χ2v) is 8.24. The molecule has 11 heteroatoms.